The average Bonchev–Trinajstić information content (AvgIpc) is 2.54. The van der Waals surface area contributed by atoms with Crippen LogP contribution in [0.2, 0.25) is 5.02 Å². The molecule has 22 heavy (non-hydrogen) atoms. The fraction of sp³-hybridized carbons (Fsp3) is 0.118. The first-order valence-corrected chi connectivity index (χ1v) is 6.87. The summed E-state index contributed by atoms with van der Waals surface area (Å²) >= 11 is 5.77. The summed E-state index contributed by atoms with van der Waals surface area (Å²) in [4.78, 5) is 11.8. The van der Waals surface area contributed by atoms with Gasteiger partial charge in [-0.05, 0) is 48.5 Å². The SMILES string of the molecule is COc1ccc(OC)c(/C=C/C(=O)Oc2ccc(Cl)cc2)c1. The van der Waals surface area contributed by atoms with Crippen LogP contribution in [0.25, 0.3) is 6.08 Å². The van der Waals surface area contributed by atoms with Crippen LogP contribution in [0.5, 0.6) is 17.2 Å². The van der Waals surface area contributed by atoms with E-state index in [9.17, 15) is 4.79 Å². The van der Waals surface area contributed by atoms with Gasteiger partial charge in [-0.3, -0.25) is 0 Å². The summed E-state index contributed by atoms with van der Waals surface area (Å²) in [6.07, 6.45) is 2.94. The molecule has 114 valence electrons. The van der Waals surface area contributed by atoms with Crippen molar-refractivity contribution in [2.75, 3.05) is 14.2 Å². The van der Waals surface area contributed by atoms with Crippen LogP contribution in [0.15, 0.2) is 48.5 Å². The molecule has 0 fully saturated rings. The molecular weight excluding hydrogens is 304 g/mol. The number of benzene rings is 2. The minimum Gasteiger partial charge on any atom is -0.497 e. The normalized spacial score (nSPS) is 10.5. The Bertz CT molecular complexity index is 678. The van der Waals surface area contributed by atoms with Gasteiger partial charge in [-0.15, -0.1) is 0 Å². The first kappa shape index (κ1) is 15.9. The molecule has 0 amide bonds. The van der Waals surface area contributed by atoms with Gasteiger partial charge in [-0.2, -0.15) is 0 Å². The van der Waals surface area contributed by atoms with Crippen LogP contribution >= 0.6 is 11.6 Å². The molecule has 0 saturated heterocycles. The zero-order valence-electron chi connectivity index (χ0n) is 12.2. The summed E-state index contributed by atoms with van der Waals surface area (Å²) in [5, 5.41) is 0.580. The zero-order chi connectivity index (χ0) is 15.9. The van der Waals surface area contributed by atoms with Crippen molar-refractivity contribution in [2.45, 2.75) is 0 Å². The fourth-order valence-corrected chi connectivity index (χ4v) is 1.91. The number of halogens is 1. The second-order valence-electron chi connectivity index (χ2n) is 4.32. The van der Waals surface area contributed by atoms with Gasteiger partial charge in [-0.1, -0.05) is 11.6 Å². The minimum absolute atomic E-state index is 0.427. The number of carbonyl (C=O) groups excluding carboxylic acids is 1. The number of carbonyl (C=O) groups is 1. The van der Waals surface area contributed by atoms with Crippen LogP contribution in [-0.4, -0.2) is 20.2 Å². The summed E-state index contributed by atoms with van der Waals surface area (Å²) in [6.45, 7) is 0. The monoisotopic (exact) mass is 318 g/mol. The second-order valence-corrected chi connectivity index (χ2v) is 4.75. The highest BCUT2D eigenvalue weighted by Gasteiger charge is 2.04. The van der Waals surface area contributed by atoms with E-state index in [0.29, 0.717) is 22.3 Å². The molecule has 0 aliphatic heterocycles. The van der Waals surface area contributed by atoms with Crippen LogP contribution < -0.4 is 14.2 Å². The topological polar surface area (TPSA) is 44.8 Å². The van der Waals surface area contributed by atoms with E-state index in [2.05, 4.69) is 0 Å². The highest BCUT2D eigenvalue weighted by Crippen LogP contribution is 2.25. The maximum absolute atomic E-state index is 11.8. The third-order valence-electron chi connectivity index (χ3n) is 2.87. The lowest BCUT2D eigenvalue weighted by Gasteiger charge is -2.07. The molecule has 0 N–H and O–H groups in total. The quantitative estimate of drug-likeness (QED) is 0.475. The fourth-order valence-electron chi connectivity index (χ4n) is 1.78. The Hall–Kier alpha value is -2.46. The Morgan fingerprint density at radius 3 is 2.32 bits per heavy atom. The number of esters is 1. The van der Waals surface area contributed by atoms with Gasteiger partial charge in [0.2, 0.25) is 0 Å². The molecule has 2 aromatic rings. The number of methoxy groups -OCH3 is 2. The average molecular weight is 319 g/mol. The van der Waals surface area contributed by atoms with E-state index in [4.69, 9.17) is 25.8 Å². The number of hydrogen-bond acceptors (Lipinski definition) is 4. The van der Waals surface area contributed by atoms with E-state index in [0.717, 1.165) is 5.56 Å². The van der Waals surface area contributed by atoms with Crippen LogP contribution in [0.1, 0.15) is 5.56 Å². The van der Waals surface area contributed by atoms with Crippen molar-refractivity contribution in [1.29, 1.82) is 0 Å². The van der Waals surface area contributed by atoms with Crippen LogP contribution in [0.4, 0.5) is 0 Å². The van der Waals surface area contributed by atoms with Gasteiger partial charge in [0.15, 0.2) is 0 Å². The first-order valence-electron chi connectivity index (χ1n) is 6.50. The third-order valence-corrected chi connectivity index (χ3v) is 3.12. The second kappa shape index (κ2) is 7.52. The largest absolute Gasteiger partial charge is 0.497 e. The number of ether oxygens (including phenoxy) is 3. The molecule has 0 bridgehead atoms. The molecule has 2 aromatic carbocycles. The molecule has 0 unspecified atom stereocenters. The van der Waals surface area contributed by atoms with Crippen molar-refractivity contribution in [2.24, 2.45) is 0 Å². The van der Waals surface area contributed by atoms with Crippen molar-refractivity contribution >= 4 is 23.6 Å². The molecule has 0 atom stereocenters. The molecule has 0 aliphatic rings. The summed E-state index contributed by atoms with van der Waals surface area (Å²) in [7, 11) is 3.13. The van der Waals surface area contributed by atoms with E-state index in [1.54, 1.807) is 62.8 Å². The Kier molecular flexibility index (Phi) is 5.44. The van der Waals surface area contributed by atoms with E-state index in [1.165, 1.54) is 6.08 Å². The molecule has 4 nitrogen and oxygen atoms in total. The van der Waals surface area contributed by atoms with Crippen molar-refractivity contribution in [3.63, 3.8) is 0 Å². The van der Waals surface area contributed by atoms with E-state index < -0.39 is 5.97 Å². The molecular formula is C17H15ClO4. The van der Waals surface area contributed by atoms with Crippen molar-refractivity contribution in [1.82, 2.24) is 0 Å². The van der Waals surface area contributed by atoms with E-state index >= 15 is 0 Å². The lowest BCUT2D eigenvalue weighted by Crippen LogP contribution is -2.03. The Morgan fingerprint density at radius 1 is 1.00 bits per heavy atom. The third kappa shape index (κ3) is 4.27. The molecule has 0 spiro atoms. The summed E-state index contributed by atoms with van der Waals surface area (Å²) in [6, 6.07) is 11.9. The van der Waals surface area contributed by atoms with Crippen LogP contribution in [-0.2, 0) is 4.79 Å². The van der Waals surface area contributed by atoms with Crippen LogP contribution in [0, 0.1) is 0 Å². The van der Waals surface area contributed by atoms with Gasteiger partial charge in [0.05, 0.1) is 14.2 Å². The Morgan fingerprint density at radius 2 is 1.68 bits per heavy atom. The summed E-state index contributed by atoms with van der Waals surface area (Å²) in [5.74, 6) is 1.24. The Labute approximate surface area is 133 Å². The predicted molar refractivity (Wildman–Crippen MR) is 85.7 cm³/mol. The van der Waals surface area contributed by atoms with Crippen molar-refractivity contribution in [3.05, 3.63) is 59.1 Å². The minimum atomic E-state index is -0.493. The number of hydrogen-bond donors (Lipinski definition) is 0. The van der Waals surface area contributed by atoms with Gasteiger partial charge in [0, 0.05) is 16.7 Å². The molecule has 0 aromatic heterocycles. The lowest BCUT2D eigenvalue weighted by atomic mass is 10.1. The molecule has 2 rings (SSSR count). The smallest absolute Gasteiger partial charge is 0.336 e. The summed E-state index contributed by atoms with van der Waals surface area (Å²) < 4.78 is 15.5. The van der Waals surface area contributed by atoms with Crippen molar-refractivity contribution in [3.8, 4) is 17.2 Å². The lowest BCUT2D eigenvalue weighted by molar-refractivity contribution is -0.128. The maximum atomic E-state index is 11.8. The molecule has 0 saturated carbocycles. The van der Waals surface area contributed by atoms with Crippen LogP contribution in [0.3, 0.4) is 0 Å². The highest BCUT2D eigenvalue weighted by molar-refractivity contribution is 6.30. The first-order chi connectivity index (χ1) is 10.6. The van der Waals surface area contributed by atoms with Crippen molar-refractivity contribution < 1.29 is 19.0 Å². The maximum Gasteiger partial charge on any atom is 0.336 e. The van der Waals surface area contributed by atoms with Gasteiger partial charge in [-0.25, -0.2) is 4.79 Å². The standard InChI is InChI=1S/C17H15ClO4/c1-20-15-8-9-16(21-2)12(11-15)3-10-17(19)22-14-6-4-13(18)5-7-14/h3-11H,1-2H3/b10-3+. The van der Waals surface area contributed by atoms with E-state index in [1.807, 2.05) is 0 Å². The van der Waals surface area contributed by atoms with Gasteiger partial charge in [0.25, 0.3) is 0 Å². The number of rotatable bonds is 5. The molecule has 0 heterocycles. The van der Waals surface area contributed by atoms with Gasteiger partial charge in [0.1, 0.15) is 17.2 Å². The van der Waals surface area contributed by atoms with Gasteiger partial charge >= 0.3 is 5.97 Å². The molecule has 5 heteroatoms. The highest BCUT2D eigenvalue weighted by atomic mass is 35.5. The van der Waals surface area contributed by atoms with E-state index in [-0.39, 0.29) is 0 Å². The summed E-state index contributed by atoms with van der Waals surface area (Å²) in [5.41, 5.74) is 0.718. The predicted octanol–water partition coefficient (Wildman–Crippen LogP) is 3.98. The Balaban J connectivity index is 2.10. The molecule has 0 aliphatic carbocycles. The molecule has 0 radical (unpaired) electrons. The van der Waals surface area contributed by atoms with Gasteiger partial charge < -0.3 is 14.2 Å². The zero-order valence-corrected chi connectivity index (χ0v) is 13.0.